The number of rotatable bonds is 2. The summed E-state index contributed by atoms with van der Waals surface area (Å²) in [4.78, 5) is 27.0. The number of carboxylic acid groups (broad SMARTS) is 1. The van der Waals surface area contributed by atoms with Crippen LogP contribution < -0.4 is 5.56 Å². The maximum absolute atomic E-state index is 12.0. The number of aromatic carboxylic acids is 1. The van der Waals surface area contributed by atoms with Crippen molar-refractivity contribution in [2.45, 2.75) is 25.7 Å². The molecule has 0 aromatic carbocycles. The van der Waals surface area contributed by atoms with E-state index < -0.39 is 11.5 Å². The standard InChI is InChI=1S/C14H13NO3S/c16-13-12(14(17)18)11(10-6-3-7-19-10)8-4-1-2-5-9(8)15-13/h3,6-7H,1-2,4-5H2,(H,15,16)(H,17,18). The fourth-order valence-electron chi connectivity index (χ4n) is 2.68. The summed E-state index contributed by atoms with van der Waals surface area (Å²) >= 11 is 1.47. The van der Waals surface area contributed by atoms with Crippen LogP contribution in [0.1, 0.15) is 34.5 Å². The highest BCUT2D eigenvalue weighted by Crippen LogP contribution is 2.34. The molecule has 0 radical (unpaired) electrons. The summed E-state index contributed by atoms with van der Waals surface area (Å²) in [5.74, 6) is -1.15. The van der Waals surface area contributed by atoms with E-state index in [-0.39, 0.29) is 5.56 Å². The maximum atomic E-state index is 12.0. The predicted octanol–water partition coefficient (Wildman–Crippen LogP) is 2.68. The second kappa shape index (κ2) is 4.66. The van der Waals surface area contributed by atoms with Crippen molar-refractivity contribution < 1.29 is 9.90 Å². The molecule has 0 fully saturated rings. The topological polar surface area (TPSA) is 70.2 Å². The van der Waals surface area contributed by atoms with E-state index in [4.69, 9.17) is 0 Å². The molecule has 2 aromatic heterocycles. The zero-order valence-corrected chi connectivity index (χ0v) is 11.0. The van der Waals surface area contributed by atoms with E-state index in [2.05, 4.69) is 4.98 Å². The normalized spacial score (nSPS) is 14.1. The Morgan fingerprint density at radius 3 is 2.79 bits per heavy atom. The Balaban J connectivity index is 2.37. The zero-order valence-electron chi connectivity index (χ0n) is 10.2. The molecule has 1 aliphatic carbocycles. The number of aryl methyl sites for hydroxylation is 1. The third kappa shape index (κ3) is 2.00. The Morgan fingerprint density at radius 1 is 1.32 bits per heavy atom. The van der Waals surface area contributed by atoms with Crippen LogP contribution in [0, 0.1) is 0 Å². The average molecular weight is 275 g/mol. The van der Waals surface area contributed by atoms with Crippen molar-refractivity contribution in [2.75, 3.05) is 0 Å². The molecule has 4 nitrogen and oxygen atoms in total. The van der Waals surface area contributed by atoms with E-state index in [0.29, 0.717) is 5.56 Å². The molecule has 0 unspecified atom stereocenters. The molecule has 0 bridgehead atoms. The third-order valence-electron chi connectivity index (χ3n) is 3.49. The van der Waals surface area contributed by atoms with E-state index in [1.54, 1.807) is 0 Å². The van der Waals surface area contributed by atoms with Gasteiger partial charge in [0.15, 0.2) is 0 Å². The summed E-state index contributed by atoms with van der Waals surface area (Å²) in [6, 6.07) is 3.75. The van der Waals surface area contributed by atoms with Crippen molar-refractivity contribution in [1.82, 2.24) is 4.98 Å². The Labute approximate surface area is 113 Å². The molecule has 98 valence electrons. The van der Waals surface area contributed by atoms with Gasteiger partial charge in [0.05, 0.1) is 0 Å². The maximum Gasteiger partial charge on any atom is 0.342 e. The van der Waals surface area contributed by atoms with Crippen LogP contribution in [-0.4, -0.2) is 16.1 Å². The molecule has 0 saturated heterocycles. The number of hydrogen-bond donors (Lipinski definition) is 2. The fourth-order valence-corrected chi connectivity index (χ4v) is 3.48. The fraction of sp³-hybridized carbons (Fsp3) is 0.286. The summed E-state index contributed by atoms with van der Waals surface area (Å²) in [6.45, 7) is 0. The molecule has 19 heavy (non-hydrogen) atoms. The van der Waals surface area contributed by atoms with Gasteiger partial charge in [-0.15, -0.1) is 11.3 Å². The van der Waals surface area contributed by atoms with Gasteiger partial charge in [-0.1, -0.05) is 6.07 Å². The summed E-state index contributed by atoms with van der Waals surface area (Å²) in [7, 11) is 0. The van der Waals surface area contributed by atoms with Crippen LogP contribution in [0.25, 0.3) is 10.4 Å². The first-order valence-corrected chi connectivity index (χ1v) is 7.11. The molecular formula is C14H13NO3S. The number of H-pyrrole nitrogens is 1. The van der Waals surface area contributed by atoms with Gasteiger partial charge in [0, 0.05) is 16.1 Å². The number of thiophene rings is 1. The van der Waals surface area contributed by atoms with Crippen LogP contribution in [0.3, 0.4) is 0 Å². The largest absolute Gasteiger partial charge is 0.477 e. The van der Waals surface area contributed by atoms with Crippen molar-refractivity contribution in [1.29, 1.82) is 0 Å². The first kappa shape index (κ1) is 12.2. The van der Waals surface area contributed by atoms with Crippen molar-refractivity contribution in [3.8, 4) is 10.4 Å². The van der Waals surface area contributed by atoms with Crippen LogP contribution in [-0.2, 0) is 12.8 Å². The summed E-state index contributed by atoms with van der Waals surface area (Å²) in [5, 5.41) is 11.2. The second-order valence-corrected chi connectivity index (χ2v) is 5.60. The number of hydrogen-bond acceptors (Lipinski definition) is 3. The lowest BCUT2D eigenvalue weighted by atomic mass is 9.89. The van der Waals surface area contributed by atoms with Gasteiger partial charge in [-0.05, 0) is 42.7 Å². The Hall–Kier alpha value is -1.88. The minimum absolute atomic E-state index is 0.122. The first-order chi connectivity index (χ1) is 9.18. The number of aromatic nitrogens is 1. The average Bonchev–Trinajstić information content (AvgIpc) is 2.90. The number of nitrogens with one attached hydrogen (secondary N) is 1. The van der Waals surface area contributed by atoms with Gasteiger partial charge in [-0.3, -0.25) is 4.79 Å². The number of carboxylic acids is 1. The van der Waals surface area contributed by atoms with Gasteiger partial charge in [0.1, 0.15) is 5.56 Å². The molecule has 0 atom stereocenters. The van der Waals surface area contributed by atoms with Crippen LogP contribution in [0.4, 0.5) is 0 Å². The Morgan fingerprint density at radius 2 is 2.11 bits per heavy atom. The van der Waals surface area contributed by atoms with Gasteiger partial charge < -0.3 is 10.1 Å². The van der Waals surface area contributed by atoms with E-state index in [9.17, 15) is 14.7 Å². The monoisotopic (exact) mass is 275 g/mol. The number of fused-ring (bicyclic) bond motifs is 1. The molecular weight excluding hydrogens is 262 g/mol. The van der Waals surface area contributed by atoms with Crippen molar-refractivity contribution in [3.05, 3.63) is 44.7 Å². The summed E-state index contributed by atoms with van der Waals surface area (Å²) < 4.78 is 0. The van der Waals surface area contributed by atoms with Gasteiger partial charge >= 0.3 is 5.97 Å². The first-order valence-electron chi connectivity index (χ1n) is 6.23. The molecule has 2 heterocycles. The molecule has 0 amide bonds. The van der Waals surface area contributed by atoms with Gasteiger partial charge in [-0.25, -0.2) is 4.79 Å². The number of pyridine rings is 1. The lowest BCUT2D eigenvalue weighted by Crippen LogP contribution is -2.24. The van der Waals surface area contributed by atoms with Crippen molar-refractivity contribution in [2.24, 2.45) is 0 Å². The lowest BCUT2D eigenvalue weighted by Gasteiger charge is -2.19. The third-order valence-corrected chi connectivity index (χ3v) is 4.38. The van der Waals surface area contributed by atoms with Gasteiger partial charge in [-0.2, -0.15) is 0 Å². The number of carbonyl (C=O) groups is 1. The van der Waals surface area contributed by atoms with Crippen LogP contribution in [0.15, 0.2) is 22.3 Å². The van der Waals surface area contributed by atoms with E-state index in [1.165, 1.54) is 11.3 Å². The Bertz CT molecular complexity index is 685. The Kier molecular flexibility index (Phi) is 2.98. The molecule has 0 saturated carbocycles. The predicted molar refractivity (Wildman–Crippen MR) is 74.0 cm³/mol. The van der Waals surface area contributed by atoms with Crippen molar-refractivity contribution >= 4 is 17.3 Å². The van der Waals surface area contributed by atoms with Crippen molar-refractivity contribution in [3.63, 3.8) is 0 Å². The molecule has 1 aliphatic rings. The van der Waals surface area contributed by atoms with Gasteiger partial charge in [0.25, 0.3) is 5.56 Å². The minimum Gasteiger partial charge on any atom is -0.477 e. The lowest BCUT2D eigenvalue weighted by molar-refractivity contribution is 0.0695. The quantitative estimate of drug-likeness (QED) is 0.885. The highest BCUT2D eigenvalue weighted by atomic mass is 32.1. The van der Waals surface area contributed by atoms with E-state index in [1.807, 2.05) is 17.5 Å². The SMILES string of the molecule is O=C(O)c1c(-c2cccs2)c2c([nH]c1=O)CCCC2. The van der Waals surface area contributed by atoms with Crippen LogP contribution in [0.5, 0.6) is 0 Å². The molecule has 2 N–H and O–H groups in total. The van der Waals surface area contributed by atoms with E-state index in [0.717, 1.165) is 41.8 Å². The highest BCUT2D eigenvalue weighted by molar-refractivity contribution is 7.13. The molecule has 2 aromatic rings. The van der Waals surface area contributed by atoms with Crippen LogP contribution >= 0.6 is 11.3 Å². The highest BCUT2D eigenvalue weighted by Gasteiger charge is 2.25. The molecule has 5 heteroatoms. The van der Waals surface area contributed by atoms with Gasteiger partial charge in [0.2, 0.25) is 0 Å². The van der Waals surface area contributed by atoms with Crippen LogP contribution in [0.2, 0.25) is 0 Å². The van der Waals surface area contributed by atoms with E-state index >= 15 is 0 Å². The molecule has 3 rings (SSSR count). The minimum atomic E-state index is -1.15. The molecule has 0 spiro atoms. The zero-order chi connectivity index (χ0) is 13.4. The smallest absolute Gasteiger partial charge is 0.342 e. The summed E-state index contributed by atoms with van der Waals surface area (Å²) in [6.07, 6.45) is 3.73. The second-order valence-electron chi connectivity index (χ2n) is 4.65. The number of aromatic amines is 1. The molecule has 0 aliphatic heterocycles. The summed E-state index contributed by atoms with van der Waals surface area (Å²) in [5.41, 5.74) is 1.93.